The fraction of sp³-hybridized carbons (Fsp3) is 0.750. The van der Waals surface area contributed by atoms with E-state index in [0.29, 0.717) is 17.9 Å². The van der Waals surface area contributed by atoms with Crippen LogP contribution in [0.4, 0.5) is 5.13 Å². The lowest BCUT2D eigenvalue weighted by Crippen LogP contribution is -2.26. The molecule has 1 aliphatic heterocycles. The molecule has 110 valence electrons. The van der Waals surface area contributed by atoms with Gasteiger partial charge in [-0.25, -0.2) is 0 Å². The van der Waals surface area contributed by atoms with E-state index in [2.05, 4.69) is 20.8 Å². The van der Waals surface area contributed by atoms with Crippen molar-refractivity contribution in [1.29, 1.82) is 0 Å². The van der Waals surface area contributed by atoms with E-state index in [4.69, 9.17) is 4.74 Å². The molecule has 1 aliphatic carbocycles. The average molecular weight is 314 g/mol. The predicted molar refractivity (Wildman–Crippen MR) is 79.3 cm³/mol. The first-order valence-electron chi connectivity index (χ1n) is 6.91. The molecule has 1 amide bonds. The molecule has 0 radical (unpaired) electrons. The van der Waals surface area contributed by atoms with Crippen LogP contribution in [-0.4, -0.2) is 47.2 Å². The minimum absolute atomic E-state index is 0.0848. The molecule has 2 fully saturated rings. The second-order valence-corrected chi connectivity index (χ2v) is 7.22. The average Bonchev–Trinajstić information content (AvgIpc) is 2.96. The number of nitrogens with one attached hydrogen (secondary N) is 2. The van der Waals surface area contributed by atoms with Gasteiger partial charge in [-0.15, -0.1) is 10.2 Å². The Morgan fingerprint density at radius 1 is 1.40 bits per heavy atom. The Balaban J connectivity index is 1.38. The summed E-state index contributed by atoms with van der Waals surface area (Å²) in [5, 5.41) is 15.2. The van der Waals surface area contributed by atoms with Crippen LogP contribution in [0.15, 0.2) is 4.34 Å². The molecule has 1 unspecified atom stereocenters. The highest BCUT2D eigenvalue weighted by atomic mass is 32.2. The molecule has 0 bridgehead atoms. The highest BCUT2D eigenvalue weighted by Gasteiger charge is 2.23. The minimum atomic E-state index is 0.0848. The maximum absolute atomic E-state index is 11.6. The quantitative estimate of drug-likeness (QED) is 0.743. The lowest BCUT2D eigenvalue weighted by Gasteiger charge is -2.08. The third-order valence-corrected chi connectivity index (χ3v) is 5.19. The van der Waals surface area contributed by atoms with Crippen LogP contribution in [-0.2, 0) is 9.53 Å². The van der Waals surface area contributed by atoms with Gasteiger partial charge in [0.15, 0.2) is 4.34 Å². The van der Waals surface area contributed by atoms with Gasteiger partial charge in [0.25, 0.3) is 0 Å². The summed E-state index contributed by atoms with van der Waals surface area (Å²) in [7, 11) is 0. The summed E-state index contributed by atoms with van der Waals surface area (Å²) in [4.78, 5) is 11.6. The number of thioether (sulfide) groups is 1. The van der Waals surface area contributed by atoms with Crippen molar-refractivity contribution in [3.63, 3.8) is 0 Å². The van der Waals surface area contributed by atoms with E-state index in [1.54, 1.807) is 0 Å². The molecular formula is C12H18N4O2S2. The van der Waals surface area contributed by atoms with Gasteiger partial charge in [-0.1, -0.05) is 23.1 Å². The maximum atomic E-state index is 11.6. The van der Waals surface area contributed by atoms with Crippen LogP contribution in [0.3, 0.4) is 0 Å². The van der Waals surface area contributed by atoms with Crippen LogP contribution < -0.4 is 10.6 Å². The fourth-order valence-electron chi connectivity index (χ4n) is 1.97. The molecule has 0 aromatic carbocycles. The summed E-state index contributed by atoms with van der Waals surface area (Å²) in [6.45, 7) is 1.64. The molecule has 8 heteroatoms. The van der Waals surface area contributed by atoms with E-state index in [1.807, 2.05) is 0 Å². The van der Waals surface area contributed by atoms with Gasteiger partial charge in [0, 0.05) is 19.2 Å². The SMILES string of the molecule is O=C(CSc1nnc(NCC2CCCO2)s1)NC1CC1. The number of aromatic nitrogens is 2. The number of anilines is 1. The van der Waals surface area contributed by atoms with Crippen molar-refractivity contribution in [2.24, 2.45) is 0 Å². The van der Waals surface area contributed by atoms with Crippen LogP contribution in [0.25, 0.3) is 0 Å². The highest BCUT2D eigenvalue weighted by Crippen LogP contribution is 2.26. The zero-order valence-corrected chi connectivity index (χ0v) is 12.8. The monoisotopic (exact) mass is 314 g/mol. The Kier molecular flexibility index (Phi) is 4.74. The Hall–Kier alpha value is -0.860. The molecule has 2 heterocycles. The number of carbonyl (C=O) groups excluding carboxylic acids is 1. The van der Waals surface area contributed by atoms with E-state index in [9.17, 15) is 4.79 Å². The normalized spacial score (nSPS) is 21.9. The molecule has 1 saturated carbocycles. The first-order valence-corrected chi connectivity index (χ1v) is 8.71. The summed E-state index contributed by atoms with van der Waals surface area (Å²) >= 11 is 2.93. The van der Waals surface area contributed by atoms with Gasteiger partial charge in [-0.3, -0.25) is 4.79 Å². The van der Waals surface area contributed by atoms with Gasteiger partial charge in [-0.2, -0.15) is 0 Å². The predicted octanol–water partition coefficient (Wildman–Crippen LogP) is 1.50. The van der Waals surface area contributed by atoms with Crippen molar-refractivity contribution in [2.45, 2.75) is 42.2 Å². The summed E-state index contributed by atoms with van der Waals surface area (Å²) in [6, 6.07) is 0.418. The Morgan fingerprint density at radius 3 is 3.05 bits per heavy atom. The minimum Gasteiger partial charge on any atom is -0.376 e. The van der Waals surface area contributed by atoms with Crippen molar-refractivity contribution in [2.75, 3.05) is 24.2 Å². The lowest BCUT2D eigenvalue weighted by atomic mass is 10.2. The first-order chi connectivity index (χ1) is 9.79. The molecule has 1 aromatic rings. The molecule has 20 heavy (non-hydrogen) atoms. The molecule has 2 N–H and O–H groups in total. The van der Waals surface area contributed by atoms with Crippen LogP contribution in [0, 0.1) is 0 Å². The maximum Gasteiger partial charge on any atom is 0.230 e. The van der Waals surface area contributed by atoms with Crippen molar-refractivity contribution in [1.82, 2.24) is 15.5 Å². The number of hydrogen-bond donors (Lipinski definition) is 2. The smallest absolute Gasteiger partial charge is 0.230 e. The largest absolute Gasteiger partial charge is 0.376 e. The van der Waals surface area contributed by atoms with Gasteiger partial charge >= 0.3 is 0 Å². The van der Waals surface area contributed by atoms with Crippen molar-refractivity contribution in [3.8, 4) is 0 Å². The van der Waals surface area contributed by atoms with E-state index < -0.39 is 0 Å². The number of rotatable bonds is 7. The molecule has 2 aliphatic rings. The second-order valence-electron chi connectivity index (χ2n) is 5.02. The molecule has 6 nitrogen and oxygen atoms in total. The van der Waals surface area contributed by atoms with Gasteiger partial charge in [0.2, 0.25) is 11.0 Å². The summed E-state index contributed by atoms with van der Waals surface area (Å²) in [5.74, 6) is 0.498. The second kappa shape index (κ2) is 6.73. The highest BCUT2D eigenvalue weighted by molar-refractivity contribution is 8.01. The first kappa shape index (κ1) is 14.1. The summed E-state index contributed by atoms with van der Waals surface area (Å²) < 4.78 is 6.36. The zero-order valence-electron chi connectivity index (χ0n) is 11.1. The number of nitrogens with zero attached hydrogens (tertiary/aromatic N) is 2. The van der Waals surface area contributed by atoms with Gasteiger partial charge < -0.3 is 15.4 Å². The van der Waals surface area contributed by atoms with E-state index >= 15 is 0 Å². The fourth-order valence-corrected chi connectivity index (χ4v) is 3.54. The molecular weight excluding hydrogens is 296 g/mol. The summed E-state index contributed by atoms with van der Waals surface area (Å²) in [6.07, 6.45) is 4.77. The van der Waals surface area contributed by atoms with E-state index in [0.717, 1.165) is 48.3 Å². The zero-order chi connectivity index (χ0) is 13.8. The molecule has 3 rings (SSSR count). The standard InChI is InChI=1S/C12H18N4O2S2/c17-10(14-8-3-4-8)7-19-12-16-15-11(20-12)13-6-9-2-1-5-18-9/h8-9H,1-7H2,(H,13,15)(H,14,17). The van der Waals surface area contributed by atoms with Crippen LogP contribution in [0.2, 0.25) is 0 Å². The van der Waals surface area contributed by atoms with Gasteiger partial charge in [-0.05, 0) is 25.7 Å². The Labute approximate surface area is 126 Å². The lowest BCUT2D eigenvalue weighted by molar-refractivity contribution is -0.118. The number of ether oxygens (including phenoxy) is 1. The molecule has 1 saturated heterocycles. The Morgan fingerprint density at radius 2 is 2.30 bits per heavy atom. The summed E-state index contributed by atoms with van der Waals surface area (Å²) in [5.41, 5.74) is 0. The van der Waals surface area contributed by atoms with Crippen LogP contribution in [0.5, 0.6) is 0 Å². The molecule has 1 aromatic heterocycles. The van der Waals surface area contributed by atoms with Crippen molar-refractivity contribution < 1.29 is 9.53 Å². The van der Waals surface area contributed by atoms with Gasteiger partial charge in [0.05, 0.1) is 11.9 Å². The molecule has 0 spiro atoms. The van der Waals surface area contributed by atoms with Crippen LogP contribution in [0.1, 0.15) is 25.7 Å². The van der Waals surface area contributed by atoms with Crippen molar-refractivity contribution >= 4 is 34.1 Å². The number of amides is 1. The third kappa shape index (κ3) is 4.32. The van der Waals surface area contributed by atoms with Gasteiger partial charge in [0.1, 0.15) is 0 Å². The third-order valence-electron chi connectivity index (χ3n) is 3.18. The van der Waals surface area contributed by atoms with Crippen LogP contribution >= 0.6 is 23.1 Å². The van der Waals surface area contributed by atoms with Crippen molar-refractivity contribution in [3.05, 3.63) is 0 Å². The van der Waals surface area contributed by atoms with E-state index in [-0.39, 0.29) is 5.91 Å². The molecule has 1 atom stereocenters. The van der Waals surface area contributed by atoms with E-state index in [1.165, 1.54) is 23.1 Å². The topological polar surface area (TPSA) is 76.1 Å². The number of carbonyl (C=O) groups is 1. The Bertz CT molecular complexity index is 458. The number of hydrogen-bond acceptors (Lipinski definition) is 7.